The van der Waals surface area contributed by atoms with Crippen LogP contribution in [0.3, 0.4) is 0 Å². The fourth-order valence-corrected chi connectivity index (χ4v) is 2.10. The molecule has 0 saturated heterocycles. The van der Waals surface area contributed by atoms with Gasteiger partial charge in [-0.05, 0) is 18.2 Å². The zero-order valence-corrected chi connectivity index (χ0v) is 12.3. The van der Waals surface area contributed by atoms with Crippen LogP contribution in [0.15, 0.2) is 42.6 Å². The van der Waals surface area contributed by atoms with Gasteiger partial charge in [-0.3, -0.25) is 4.98 Å². The summed E-state index contributed by atoms with van der Waals surface area (Å²) in [4.78, 5) is 3.80. The predicted octanol–water partition coefficient (Wildman–Crippen LogP) is 2.76. The van der Waals surface area contributed by atoms with E-state index in [2.05, 4.69) is 10.3 Å². The van der Waals surface area contributed by atoms with Crippen molar-refractivity contribution in [2.75, 3.05) is 13.2 Å². The van der Waals surface area contributed by atoms with E-state index in [1.807, 2.05) is 12.1 Å². The fourth-order valence-electron chi connectivity index (χ4n) is 2.10. The van der Waals surface area contributed by atoms with E-state index in [1.54, 1.807) is 12.1 Å². The molecule has 7 heteroatoms. The first-order valence-corrected chi connectivity index (χ1v) is 7.05. The van der Waals surface area contributed by atoms with Crippen molar-refractivity contribution in [3.63, 3.8) is 0 Å². The number of aliphatic hydroxyl groups excluding tert-OH is 1. The third-order valence-electron chi connectivity index (χ3n) is 3.12. The number of alkyl halides is 3. The van der Waals surface area contributed by atoms with Gasteiger partial charge in [0.05, 0.1) is 17.9 Å². The lowest BCUT2D eigenvalue weighted by atomic mass is 10.1. The van der Waals surface area contributed by atoms with E-state index in [0.717, 1.165) is 11.6 Å². The van der Waals surface area contributed by atoms with Crippen molar-refractivity contribution in [3.05, 3.63) is 59.4 Å². The highest BCUT2D eigenvalue weighted by molar-refractivity contribution is 5.33. The summed E-state index contributed by atoms with van der Waals surface area (Å²) in [5.74, 6) is 0.589. The Hall–Kier alpha value is -2.12. The molecule has 4 nitrogen and oxygen atoms in total. The molecule has 0 radical (unpaired) electrons. The smallest absolute Gasteiger partial charge is 0.418 e. The van der Waals surface area contributed by atoms with Crippen LogP contribution in [0.25, 0.3) is 0 Å². The van der Waals surface area contributed by atoms with E-state index in [0.29, 0.717) is 12.3 Å². The Morgan fingerprint density at radius 2 is 1.87 bits per heavy atom. The van der Waals surface area contributed by atoms with Crippen molar-refractivity contribution in [2.24, 2.45) is 0 Å². The summed E-state index contributed by atoms with van der Waals surface area (Å²) in [6.07, 6.45) is -3.09. The lowest BCUT2D eigenvalue weighted by Crippen LogP contribution is -2.19. The number of ether oxygens (including phenoxy) is 1. The molecule has 0 aliphatic carbocycles. The maximum atomic E-state index is 12.9. The lowest BCUT2D eigenvalue weighted by molar-refractivity contribution is -0.138. The van der Waals surface area contributed by atoms with Gasteiger partial charge in [-0.1, -0.05) is 18.2 Å². The van der Waals surface area contributed by atoms with Crippen molar-refractivity contribution in [2.45, 2.75) is 19.3 Å². The number of nitrogens with zero attached hydrogens (tertiary/aromatic N) is 1. The molecule has 2 aromatic rings. The average molecular weight is 326 g/mol. The first kappa shape index (κ1) is 17.2. The molecule has 124 valence electrons. The molecule has 1 aromatic heterocycles. The molecular formula is C16H17F3N2O2. The third kappa shape index (κ3) is 4.94. The van der Waals surface area contributed by atoms with Crippen LogP contribution in [0.1, 0.15) is 16.8 Å². The topological polar surface area (TPSA) is 54.4 Å². The van der Waals surface area contributed by atoms with Gasteiger partial charge in [0.25, 0.3) is 0 Å². The molecule has 23 heavy (non-hydrogen) atoms. The summed E-state index contributed by atoms with van der Waals surface area (Å²) >= 11 is 0. The maximum absolute atomic E-state index is 12.9. The van der Waals surface area contributed by atoms with Crippen molar-refractivity contribution >= 4 is 0 Å². The van der Waals surface area contributed by atoms with Crippen LogP contribution < -0.4 is 10.1 Å². The third-order valence-corrected chi connectivity index (χ3v) is 3.12. The average Bonchev–Trinajstić information content (AvgIpc) is 2.53. The van der Waals surface area contributed by atoms with Gasteiger partial charge in [-0.15, -0.1) is 0 Å². The molecule has 1 aromatic carbocycles. The van der Waals surface area contributed by atoms with Crippen LogP contribution in [0, 0.1) is 0 Å². The zero-order valence-electron chi connectivity index (χ0n) is 12.3. The first-order valence-electron chi connectivity index (χ1n) is 7.05. The summed E-state index contributed by atoms with van der Waals surface area (Å²) in [7, 11) is 0. The number of benzene rings is 1. The second-order valence-corrected chi connectivity index (χ2v) is 4.78. The Labute approximate surface area is 131 Å². The van der Waals surface area contributed by atoms with Gasteiger partial charge in [-0.2, -0.15) is 13.2 Å². The van der Waals surface area contributed by atoms with Crippen LogP contribution in [-0.4, -0.2) is 23.3 Å². The predicted molar refractivity (Wildman–Crippen MR) is 78.8 cm³/mol. The van der Waals surface area contributed by atoms with E-state index in [1.165, 1.54) is 12.3 Å². The number of hydrogen-bond acceptors (Lipinski definition) is 4. The molecular weight excluding hydrogens is 309 g/mol. The molecule has 0 aliphatic rings. The number of para-hydroxylation sites is 1. The van der Waals surface area contributed by atoms with E-state index in [9.17, 15) is 13.2 Å². The summed E-state index contributed by atoms with van der Waals surface area (Å²) in [6.45, 7) is 0.375. The number of aromatic nitrogens is 1. The summed E-state index contributed by atoms with van der Waals surface area (Å²) in [5.41, 5.74) is 0.0107. The Balaban J connectivity index is 2.01. The number of halogens is 3. The number of hydrogen-bond donors (Lipinski definition) is 2. The van der Waals surface area contributed by atoms with Gasteiger partial charge >= 0.3 is 6.18 Å². The molecule has 0 fully saturated rings. The van der Waals surface area contributed by atoms with Gasteiger partial charge in [0, 0.05) is 24.8 Å². The van der Waals surface area contributed by atoms with Gasteiger partial charge in [0.1, 0.15) is 12.4 Å². The summed E-state index contributed by atoms with van der Waals surface area (Å²) in [6, 6.07) is 9.44. The van der Waals surface area contributed by atoms with Crippen LogP contribution in [0.5, 0.6) is 5.75 Å². The van der Waals surface area contributed by atoms with E-state index >= 15 is 0 Å². The molecule has 0 atom stereocenters. The number of aliphatic hydroxyl groups is 1. The first-order chi connectivity index (χ1) is 11.0. The molecule has 2 N–H and O–H groups in total. The highest BCUT2D eigenvalue weighted by atomic mass is 19.4. The van der Waals surface area contributed by atoms with E-state index in [-0.39, 0.29) is 25.5 Å². The van der Waals surface area contributed by atoms with Gasteiger partial charge in [-0.25, -0.2) is 0 Å². The summed E-state index contributed by atoms with van der Waals surface area (Å²) < 4.78 is 44.1. The van der Waals surface area contributed by atoms with Crippen LogP contribution >= 0.6 is 0 Å². The lowest BCUT2D eigenvalue weighted by Gasteiger charge is -2.14. The summed E-state index contributed by atoms with van der Waals surface area (Å²) in [5, 5.41) is 11.7. The Kier molecular flexibility index (Phi) is 5.95. The molecule has 0 amide bonds. The van der Waals surface area contributed by atoms with Crippen molar-refractivity contribution in [1.29, 1.82) is 0 Å². The second kappa shape index (κ2) is 7.94. The van der Waals surface area contributed by atoms with Crippen molar-refractivity contribution < 1.29 is 23.0 Å². The quantitative estimate of drug-likeness (QED) is 0.821. The van der Waals surface area contributed by atoms with E-state index in [4.69, 9.17) is 9.84 Å². The van der Waals surface area contributed by atoms with Crippen LogP contribution in [-0.2, 0) is 19.3 Å². The highest BCUT2D eigenvalue weighted by Gasteiger charge is 2.33. The van der Waals surface area contributed by atoms with Crippen LogP contribution in [0.2, 0.25) is 0 Å². The standard InChI is InChI=1S/C16H17F3N2O2/c17-16(18,19)13-5-3-7-21-14(13)11-20-10-12-4-1-2-6-15(12)23-9-8-22/h1-7,20,22H,8-11H2. The molecule has 0 unspecified atom stereocenters. The molecule has 0 spiro atoms. The largest absolute Gasteiger partial charge is 0.491 e. The minimum Gasteiger partial charge on any atom is -0.491 e. The normalized spacial score (nSPS) is 11.5. The monoisotopic (exact) mass is 326 g/mol. The number of rotatable bonds is 7. The Morgan fingerprint density at radius 1 is 1.09 bits per heavy atom. The van der Waals surface area contributed by atoms with Crippen molar-refractivity contribution in [1.82, 2.24) is 10.3 Å². The highest BCUT2D eigenvalue weighted by Crippen LogP contribution is 2.30. The SMILES string of the molecule is OCCOc1ccccc1CNCc1ncccc1C(F)(F)F. The number of nitrogens with one attached hydrogen (secondary N) is 1. The zero-order chi connectivity index (χ0) is 16.7. The number of pyridine rings is 1. The minimum absolute atomic E-state index is 0.00990. The van der Waals surface area contributed by atoms with E-state index < -0.39 is 11.7 Å². The maximum Gasteiger partial charge on any atom is 0.418 e. The molecule has 0 aliphatic heterocycles. The second-order valence-electron chi connectivity index (χ2n) is 4.78. The molecule has 0 saturated carbocycles. The Bertz CT molecular complexity index is 633. The van der Waals surface area contributed by atoms with Gasteiger partial charge in [0.2, 0.25) is 0 Å². The molecule has 0 bridgehead atoms. The Morgan fingerprint density at radius 3 is 2.61 bits per heavy atom. The fraction of sp³-hybridized carbons (Fsp3) is 0.312. The molecule has 1 heterocycles. The minimum atomic E-state index is -4.42. The van der Waals surface area contributed by atoms with Crippen LogP contribution in [0.4, 0.5) is 13.2 Å². The van der Waals surface area contributed by atoms with Gasteiger partial charge in [0.15, 0.2) is 0 Å². The molecule has 2 rings (SSSR count). The van der Waals surface area contributed by atoms with Crippen molar-refractivity contribution in [3.8, 4) is 5.75 Å². The van der Waals surface area contributed by atoms with Gasteiger partial charge < -0.3 is 15.2 Å².